The van der Waals surface area contributed by atoms with E-state index in [-0.39, 0.29) is 6.54 Å². The molecule has 0 saturated heterocycles. The first-order chi connectivity index (χ1) is 5.99. The minimum absolute atomic E-state index is 0.0429. The number of hydrogen-bond donors (Lipinski definition) is 4. The second-order valence-corrected chi connectivity index (χ2v) is 3.16. The first-order valence-corrected chi connectivity index (χ1v) is 4.02. The van der Waals surface area contributed by atoms with Crippen molar-refractivity contribution in [1.29, 1.82) is 0 Å². The molecule has 1 rings (SSSR count). The number of nitrogen functional groups attached to an aromatic ring is 1. The Morgan fingerprint density at radius 3 is 2.54 bits per heavy atom. The van der Waals surface area contributed by atoms with Gasteiger partial charge in [-0.2, -0.15) is 0 Å². The van der Waals surface area contributed by atoms with Crippen LogP contribution in [0, 0.1) is 0 Å². The lowest BCUT2D eigenvalue weighted by Crippen LogP contribution is -2.32. The minimum Gasteiger partial charge on any atom is -0.397 e. The van der Waals surface area contributed by atoms with Crippen molar-refractivity contribution in [3.8, 4) is 0 Å². The van der Waals surface area contributed by atoms with Crippen LogP contribution in [0.4, 0.5) is 11.4 Å². The maximum absolute atomic E-state index is 9.02. The molecule has 0 bridgehead atoms. The molecule has 0 spiro atoms. The smallest absolute Gasteiger partial charge is 0.177 e. The number of nitrogens with two attached hydrogens (primary N) is 1. The SMILES string of the molecule is CC(O)(O)CNc1ccccc1N. The van der Waals surface area contributed by atoms with Crippen molar-refractivity contribution in [2.45, 2.75) is 12.7 Å². The Hall–Kier alpha value is -1.26. The highest BCUT2D eigenvalue weighted by Gasteiger charge is 2.14. The van der Waals surface area contributed by atoms with Crippen molar-refractivity contribution < 1.29 is 10.2 Å². The van der Waals surface area contributed by atoms with E-state index < -0.39 is 5.79 Å². The van der Waals surface area contributed by atoms with Gasteiger partial charge in [-0.1, -0.05) is 12.1 Å². The Bertz CT molecular complexity index is 281. The van der Waals surface area contributed by atoms with Crippen molar-refractivity contribution in [3.05, 3.63) is 24.3 Å². The van der Waals surface area contributed by atoms with Gasteiger partial charge in [-0.3, -0.25) is 0 Å². The first-order valence-electron chi connectivity index (χ1n) is 4.02. The number of para-hydroxylation sites is 2. The molecule has 0 radical (unpaired) electrons. The number of rotatable bonds is 3. The standard InChI is InChI=1S/C9H14N2O2/c1-9(12,13)6-11-8-5-3-2-4-7(8)10/h2-5,11-13H,6,10H2,1H3. The summed E-state index contributed by atoms with van der Waals surface area (Å²) in [6.45, 7) is 1.35. The van der Waals surface area contributed by atoms with Gasteiger partial charge in [-0.15, -0.1) is 0 Å². The number of anilines is 2. The van der Waals surface area contributed by atoms with E-state index >= 15 is 0 Å². The molecule has 1 aromatic carbocycles. The van der Waals surface area contributed by atoms with Crippen molar-refractivity contribution in [1.82, 2.24) is 0 Å². The van der Waals surface area contributed by atoms with Crippen LogP contribution in [0.25, 0.3) is 0 Å². The second kappa shape index (κ2) is 3.64. The molecule has 0 unspecified atom stereocenters. The highest BCUT2D eigenvalue weighted by molar-refractivity contribution is 5.65. The minimum atomic E-state index is -1.72. The Labute approximate surface area is 77.0 Å². The third-order valence-electron chi connectivity index (χ3n) is 1.57. The molecule has 1 aromatic rings. The number of nitrogens with one attached hydrogen (secondary N) is 1. The topological polar surface area (TPSA) is 78.5 Å². The Balaban J connectivity index is 2.60. The molecule has 0 atom stereocenters. The Kier molecular flexibility index (Phi) is 2.75. The summed E-state index contributed by atoms with van der Waals surface area (Å²) in [5.41, 5.74) is 6.92. The van der Waals surface area contributed by atoms with Gasteiger partial charge in [0.2, 0.25) is 0 Å². The highest BCUT2D eigenvalue weighted by atomic mass is 16.5. The van der Waals surface area contributed by atoms with Crippen molar-refractivity contribution >= 4 is 11.4 Å². The van der Waals surface area contributed by atoms with E-state index in [1.807, 2.05) is 12.1 Å². The van der Waals surface area contributed by atoms with Gasteiger partial charge < -0.3 is 21.3 Å². The van der Waals surface area contributed by atoms with Crippen LogP contribution in [0.5, 0.6) is 0 Å². The van der Waals surface area contributed by atoms with E-state index in [2.05, 4.69) is 5.32 Å². The molecular weight excluding hydrogens is 168 g/mol. The van der Waals surface area contributed by atoms with E-state index in [0.29, 0.717) is 11.4 Å². The number of hydrogen-bond acceptors (Lipinski definition) is 4. The molecule has 0 aliphatic rings. The molecule has 0 fully saturated rings. The first kappa shape index (κ1) is 9.83. The zero-order chi connectivity index (χ0) is 9.90. The summed E-state index contributed by atoms with van der Waals surface area (Å²) in [6, 6.07) is 7.16. The lowest BCUT2D eigenvalue weighted by Gasteiger charge is -2.17. The maximum Gasteiger partial charge on any atom is 0.177 e. The molecule has 4 nitrogen and oxygen atoms in total. The monoisotopic (exact) mass is 182 g/mol. The lowest BCUT2D eigenvalue weighted by atomic mass is 10.2. The third-order valence-corrected chi connectivity index (χ3v) is 1.57. The van der Waals surface area contributed by atoms with Gasteiger partial charge in [0.05, 0.1) is 17.9 Å². The van der Waals surface area contributed by atoms with Gasteiger partial charge in [0, 0.05) is 0 Å². The van der Waals surface area contributed by atoms with Crippen LogP contribution in [0.15, 0.2) is 24.3 Å². The fraction of sp³-hybridized carbons (Fsp3) is 0.333. The summed E-state index contributed by atoms with van der Waals surface area (Å²) in [5, 5.41) is 20.9. The van der Waals surface area contributed by atoms with Crippen LogP contribution in [0.2, 0.25) is 0 Å². The maximum atomic E-state index is 9.02. The summed E-state index contributed by atoms with van der Waals surface area (Å²) in [4.78, 5) is 0. The summed E-state index contributed by atoms with van der Waals surface area (Å²) >= 11 is 0. The van der Waals surface area contributed by atoms with Crippen molar-refractivity contribution in [3.63, 3.8) is 0 Å². The summed E-state index contributed by atoms with van der Waals surface area (Å²) in [5.74, 6) is -1.72. The van der Waals surface area contributed by atoms with Gasteiger partial charge in [0.25, 0.3) is 0 Å². The van der Waals surface area contributed by atoms with E-state index in [1.165, 1.54) is 6.92 Å². The van der Waals surface area contributed by atoms with Gasteiger partial charge >= 0.3 is 0 Å². The Morgan fingerprint density at radius 1 is 1.38 bits per heavy atom. The number of aliphatic hydroxyl groups is 2. The average Bonchev–Trinajstić information content (AvgIpc) is 2.01. The largest absolute Gasteiger partial charge is 0.397 e. The molecule has 0 amide bonds. The van der Waals surface area contributed by atoms with E-state index in [9.17, 15) is 0 Å². The normalized spacial score (nSPS) is 11.3. The lowest BCUT2D eigenvalue weighted by molar-refractivity contribution is -0.131. The second-order valence-electron chi connectivity index (χ2n) is 3.16. The molecule has 0 aromatic heterocycles. The van der Waals surface area contributed by atoms with Crippen molar-refractivity contribution in [2.24, 2.45) is 0 Å². The van der Waals surface area contributed by atoms with Crippen LogP contribution < -0.4 is 11.1 Å². The molecular formula is C9H14N2O2. The number of benzene rings is 1. The molecule has 5 N–H and O–H groups in total. The van der Waals surface area contributed by atoms with E-state index in [4.69, 9.17) is 15.9 Å². The van der Waals surface area contributed by atoms with Gasteiger partial charge in [0.15, 0.2) is 5.79 Å². The van der Waals surface area contributed by atoms with Gasteiger partial charge in [-0.25, -0.2) is 0 Å². The van der Waals surface area contributed by atoms with E-state index in [1.54, 1.807) is 12.1 Å². The predicted molar refractivity (Wildman–Crippen MR) is 52.2 cm³/mol. The third kappa shape index (κ3) is 3.31. The highest BCUT2D eigenvalue weighted by Crippen LogP contribution is 2.17. The molecule has 0 aliphatic heterocycles. The fourth-order valence-corrected chi connectivity index (χ4v) is 0.921. The molecule has 0 heterocycles. The van der Waals surface area contributed by atoms with Crippen LogP contribution in [0.3, 0.4) is 0 Å². The molecule has 0 aliphatic carbocycles. The summed E-state index contributed by atoms with van der Waals surface area (Å²) in [7, 11) is 0. The van der Waals surface area contributed by atoms with Crippen molar-refractivity contribution in [2.75, 3.05) is 17.6 Å². The predicted octanol–water partition coefficient (Wildman–Crippen LogP) is 0.382. The fourth-order valence-electron chi connectivity index (χ4n) is 0.921. The summed E-state index contributed by atoms with van der Waals surface area (Å²) < 4.78 is 0. The summed E-state index contributed by atoms with van der Waals surface area (Å²) in [6.07, 6.45) is 0. The molecule has 0 saturated carbocycles. The molecule has 72 valence electrons. The zero-order valence-corrected chi connectivity index (χ0v) is 7.49. The van der Waals surface area contributed by atoms with Crippen LogP contribution >= 0.6 is 0 Å². The van der Waals surface area contributed by atoms with Crippen LogP contribution in [-0.4, -0.2) is 22.5 Å². The van der Waals surface area contributed by atoms with Gasteiger partial charge in [-0.05, 0) is 19.1 Å². The zero-order valence-electron chi connectivity index (χ0n) is 7.49. The van der Waals surface area contributed by atoms with E-state index in [0.717, 1.165) is 0 Å². The Morgan fingerprint density at radius 2 is 2.00 bits per heavy atom. The molecule has 4 heteroatoms. The average molecular weight is 182 g/mol. The van der Waals surface area contributed by atoms with Crippen LogP contribution in [0.1, 0.15) is 6.92 Å². The molecule has 13 heavy (non-hydrogen) atoms. The van der Waals surface area contributed by atoms with Gasteiger partial charge in [0.1, 0.15) is 0 Å². The van der Waals surface area contributed by atoms with Crippen LogP contribution in [-0.2, 0) is 0 Å². The quantitative estimate of drug-likeness (QED) is 0.402.